The van der Waals surface area contributed by atoms with Gasteiger partial charge in [0.2, 0.25) is 0 Å². The highest BCUT2D eigenvalue weighted by atomic mass is 35.5. The molecule has 1 N–H and O–H groups in total. The summed E-state index contributed by atoms with van der Waals surface area (Å²) in [6.45, 7) is 2.30. The second kappa shape index (κ2) is 7.09. The molecule has 0 aliphatic carbocycles. The van der Waals surface area contributed by atoms with E-state index >= 15 is 0 Å². The molecular formula is C17H16ClF3N2O. The number of nitrogens with zero attached hydrogens (tertiary/aromatic N) is 1. The number of morpholine rings is 1. The average Bonchev–Trinajstić information content (AvgIpc) is 2.57. The summed E-state index contributed by atoms with van der Waals surface area (Å²) in [5.41, 5.74) is 1.58. The molecule has 1 saturated heterocycles. The van der Waals surface area contributed by atoms with Crippen molar-refractivity contribution in [2.24, 2.45) is 0 Å². The Bertz CT molecular complexity index is 698. The van der Waals surface area contributed by atoms with Gasteiger partial charge in [-0.25, -0.2) is 0 Å². The topological polar surface area (TPSA) is 34.2 Å². The Morgan fingerprint density at radius 2 is 2.00 bits per heavy atom. The van der Waals surface area contributed by atoms with Crippen molar-refractivity contribution in [3.8, 4) is 0 Å². The van der Waals surface area contributed by atoms with E-state index in [1.54, 1.807) is 0 Å². The summed E-state index contributed by atoms with van der Waals surface area (Å²) in [5, 5.41) is 3.29. The third kappa shape index (κ3) is 4.06. The number of nitrogens with one attached hydrogen (secondary N) is 1. The third-order valence-electron chi connectivity index (χ3n) is 3.90. The molecule has 1 aliphatic rings. The molecule has 1 atom stereocenters. The molecular weight excluding hydrogens is 341 g/mol. The first kappa shape index (κ1) is 17.2. The SMILES string of the molecule is FC(F)(F)c1cnc(Cc2ccc([C@@H]3CNCCO3)cc2)c(Cl)c1. The molecule has 1 fully saturated rings. The lowest BCUT2D eigenvalue weighted by Crippen LogP contribution is -2.33. The van der Waals surface area contributed by atoms with Crippen LogP contribution in [0.15, 0.2) is 36.5 Å². The number of halogens is 4. The molecule has 0 radical (unpaired) electrons. The van der Waals surface area contributed by atoms with Gasteiger partial charge >= 0.3 is 6.18 Å². The van der Waals surface area contributed by atoms with Gasteiger partial charge in [0.15, 0.2) is 0 Å². The molecule has 2 aromatic rings. The van der Waals surface area contributed by atoms with Crippen LogP contribution in [0.5, 0.6) is 0 Å². The normalized spacial score (nSPS) is 18.6. The number of alkyl halides is 3. The van der Waals surface area contributed by atoms with Gasteiger partial charge < -0.3 is 10.1 Å². The maximum Gasteiger partial charge on any atom is 0.417 e. The summed E-state index contributed by atoms with van der Waals surface area (Å²) in [6, 6.07) is 8.68. The number of benzene rings is 1. The molecule has 24 heavy (non-hydrogen) atoms. The third-order valence-corrected chi connectivity index (χ3v) is 4.22. The maximum atomic E-state index is 12.6. The minimum Gasteiger partial charge on any atom is -0.371 e. The number of hydrogen-bond acceptors (Lipinski definition) is 3. The van der Waals surface area contributed by atoms with E-state index in [1.165, 1.54) is 0 Å². The molecule has 0 saturated carbocycles. The van der Waals surface area contributed by atoms with Gasteiger partial charge in [-0.15, -0.1) is 0 Å². The van der Waals surface area contributed by atoms with E-state index in [-0.39, 0.29) is 11.1 Å². The molecule has 1 aliphatic heterocycles. The lowest BCUT2D eigenvalue weighted by Gasteiger charge is -2.24. The highest BCUT2D eigenvalue weighted by molar-refractivity contribution is 6.31. The van der Waals surface area contributed by atoms with E-state index in [2.05, 4.69) is 10.3 Å². The van der Waals surface area contributed by atoms with Crippen LogP contribution in [0, 0.1) is 0 Å². The number of aromatic nitrogens is 1. The molecule has 2 heterocycles. The predicted molar refractivity (Wildman–Crippen MR) is 85.1 cm³/mol. The van der Waals surface area contributed by atoms with Gasteiger partial charge in [-0.05, 0) is 17.2 Å². The van der Waals surface area contributed by atoms with Crippen LogP contribution in [-0.4, -0.2) is 24.7 Å². The fourth-order valence-electron chi connectivity index (χ4n) is 2.57. The van der Waals surface area contributed by atoms with E-state index < -0.39 is 11.7 Å². The van der Waals surface area contributed by atoms with Gasteiger partial charge in [0, 0.05) is 25.7 Å². The van der Waals surface area contributed by atoms with Crippen molar-refractivity contribution in [2.45, 2.75) is 18.7 Å². The van der Waals surface area contributed by atoms with Crippen molar-refractivity contribution < 1.29 is 17.9 Å². The van der Waals surface area contributed by atoms with Crippen LogP contribution in [0.1, 0.15) is 28.5 Å². The molecule has 0 bridgehead atoms. The van der Waals surface area contributed by atoms with Crippen molar-refractivity contribution >= 4 is 11.6 Å². The van der Waals surface area contributed by atoms with E-state index in [0.717, 1.165) is 36.5 Å². The molecule has 3 nitrogen and oxygen atoms in total. The van der Waals surface area contributed by atoms with Crippen LogP contribution in [0.25, 0.3) is 0 Å². The largest absolute Gasteiger partial charge is 0.417 e. The Morgan fingerprint density at radius 3 is 2.58 bits per heavy atom. The first-order chi connectivity index (χ1) is 11.4. The summed E-state index contributed by atoms with van der Waals surface area (Å²) < 4.78 is 43.6. The smallest absolute Gasteiger partial charge is 0.371 e. The monoisotopic (exact) mass is 356 g/mol. The van der Waals surface area contributed by atoms with E-state index in [0.29, 0.717) is 18.7 Å². The van der Waals surface area contributed by atoms with Crippen molar-refractivity contribution in [2.75, 3.05) is 19.7 Å². The Kier molecular flexibility index (Phi) is 5.08. The summed E-state index contributed by atoms with van der Waals surface area (Å²) >= 11 is 5.95. The lowest BCUT2D eigenvalue weighted by molar-refractivity contribution is -0.137. The molecule has 1 aromatic heterocycles. The molecule has 1 aromatic carbocycles. The minimum absolute atomic E-state index is 0.0220. The summed E-state index contributed by atoms with van der Waals surface area (Å²) in [4.78, 5) is 3.87. The Hall–Kier alpha value is -1.63. The van der Waals surface area contributed by atoms with Crippen molar-refractivity contribution in [1.29, 1.82) is 0 Å². The molecule has 7 heteroatoms. The predicted octanol–water partition coefficient (Wildman–Crippen LogP) is 4.01. The van der Waals surface area contributed by atoms with Crippen molar-refractivity contribution in [3.63, 3.8) is 0 Å². The summed E-state index contributed by atoms with van der Waals surface area (Å²) in [6.07, 6.45) is -3.22. The first-order valence-corrected chi connectivity index (χ1v) is 7.94. The zero-order valence-electron chi connectivity index (χ0n) is 12.7. The second-order valence-corrected chi connectivity index (χ2v) is 6.04. The van der Waals surface area contributed by atoms with E-state index in [9.17, 15) is 13.2 Å². The Balaban J connectivity index is 1.72. The van der Waals surface area contributed by atoms with Crippen LogP contribution in [-0.2, 0) is 17.3 Å². The van der Waals surface area contributed by atoms with E-state index in [1.807, 2.05) is 24.3 Å². The van der Waals surface area contributed by atoms with Crippen molar-refractivity contribution in [3.05, 3.63) is 63.9 Å². The number of rotatable bonds is 3. The Labute approximate surface area is 142 Å². The van der Waals surface area contributed by atoms with Crippen LogP contribution in [0.2, 0.25) is 5.02 Å². The van der Waals surface area contributed by atoms with Crippen molar-refractivity contribution in [1.82, 2.24) is 10.3 Å². The standard InChI is InChI=1S/C17H16ClF3N2O/c18-14-8-13(17(19,20)21)9-23-15(14)7-11-1-3-12(4-2-11)16-10-22-5-6-24-16/h1-4,8-9,16,22H,5-7,10H2/t16-/m0/s1. The maximum absolute atomic E-state index is 12.6. The van der Waals surface area contributed by atoms with E-state index in [4.69, 9.17) is 16.3 Å². The zero-order valence-corrected chi connectivity index (χ0v) is 13.5. The minimum atomic E-state index is -4.44. The number of ether oxygens (including phenoxy) is 1. The number of hydrogen-bond donors (Lipinski definition) is 1. The fourth-order valence-corrected chi connectivity index (χ4v) is 2.81. The summed E-state index contributed by atoms with van der Waals surface area (Å²) in [7, 11) is 0. The molecule has 0 spiro atoms. The Morgan fingerprint density at radius 1 is 1.25 bits per heavy atom. The fraction of sp³-hybridized carbons (Fsp3) is 0.353. The van der Waals surface area contributed by atoms with Gasteiger partial charge in [0.05, 0.1) is 29.0 Å². The first-order valence-electron chi connectivity index (χ1n) is 7.56. The zero-order chi connectivity index (χ0) is 17.2. The van der Waals surface area contributed by atoms with Gasteiger partial charge in [0.25, 0.3) is 0 Å². The second-order valence-electron chi connectivity index (χ2n) is 5.63. The molecule has 128 valence electrons. The van der Waals surface area contributed by atoms with Gasteiger partial charge in [-0.3, -0.25) is 4.98 Å². The highest BCUT2D eigenvalue weighted by Crippen LogP contribution is 2.31. The quantitative estimate of drug-likeness (QED) is 0.902. The summed E-state index contributed by atoms with van der Waals surface area (Å²) in [5.74, 6) is 0. The molecule has 0 amide bonds. The number of pyridine rings is 1. The lowest BCUT2D eigenvalue weighted by atomic mass is 10.0. The average molecular weight is 357 g/mol. The molecule has 3 rings (SSSR count). The van der Waals surface area contributed by atoms with Crippen LogP contribution in [0.3, 0.4) is 0 Å². The van der Waals surface area contributed by atoms with Crippen LogP contribution >= 0.6 is 11.6 Å². The van der Waals surface area contributed by atoms with Gasteiger partial charge in [-0.2, -0.15) is 13.2 Å². The highest BCUT2D eigenvalue weighted by Gasteiger charge is 2.31. The van der Waals surface area contributed by atoms with Gasteiger partial charge in [0.1, 0.15) is 0 Å². The van der Waals surface area contributed by atoms with Gasteiger partial charge in [-0.1, -0.05) is 35.9 Å². The molecule has 0 unspecified atom stereocenters. The van der Waals surface area contributed by atoms with Crippen LogP contribution in [0.4, 0.5) is 13.2 Å². The van der Waals surface area contributed by atoms with Crippen LogP contribution < -0.4 is 5.32 Å².